The summed E-state index contributed by atoms with van der Waals surface area (Å²) in [5.41, 5.74) is 5.65. The first-order chi connectivity index (χ1) is 12.4. The molecule has 1 heterocycles. The van der Waals surface area contributed by atoms with Crippen molar-refractivity contribution in [1.82, 2.24) is 4.57 Å². The first-order valence-corrected chi connectivity index (χ1v) is 9.65. The third-order valence-corrected chi connectivity index (χ3v) is 5.22. The third kappa shape index (κ3) is 3.53. The summed E-state index contributed by atoms with van der Waals surface area (Å²) in [4.78, 5) is 24.1. The second-order valence-electron chi connectivity index (χ2n) is 6.46. The number of nitrogens with one attached hydrogen (secondary N) is 1. The Labute approximate surface area is 166 Å². The van der Waals surface area contributed by atoms with Gasteiger partial charge in [-0.25, -0.2) is 0 Å². The SMILES string of the molecule is CCc1cccc2c(C=O)cn(CC(=O)Nc3c(C)cc(I)cc3C)c12. The number of fused-ring (bicyclic) bond motifs is 1. The molecule has 26 heavy (non-hydrogen) atoms. The first kappa shape index (κ1) is 18.6. The molecule has 134 valence electrons. The Morgan fingerprint density at radius 1 is 1.23 bits per heavy atom. The van der Waals surface area contributed by atoms with Crippen LogP contribution in [0.25, 0.3) is 10.9 Å². The van der Waals surface area contributed by atoms with Crippen molar-refractivity contribution in [2.75, 3.05) is 5.32 Å². The molecule has 1 amide bonds. The molecular weight excluding hydrogens is 439 g/mol. The summed E-state index contributed by atoms with van der Waals surface area (Å²) in [6.07, 6.45) is 3.46. The number of benzene rings is 2. The molecule has 0 aliphatic carbocycles. The fraction of sp³-hybridized carbons (Fsp3) is 0.238. The van der Waals surface area contributed by atoms with Gasteiger partial charge in [-0.2, -0.15) is 0 Å². The lowest BCUT2D eigenvalue weighted by Crippen LogP contribution is -2.19. The molecule has 2 aromatic carbocycles. The van der Waals surface area contributed by atoms with E-state index in [0.29, 0.717) is 5.56 Å². The van der Waals surface area contributed by atoms with Crippen LogP contribution in [0, 0.1) is 17.4 Å². The number of amides is 1. The van der Waals surface area contributed by atoms with Gasteiger partial charge in [0.15, 0.2) is 6.29 Å². The number of aryl methyl sites for hydroxylation is 3. The van der Waals surface area contributed by atoms with E-state index in [2.05, 4.69) is 34.8 Å². The molecule has 0 saturated heterocycles. The van der Waals surface area contributed by atoms with Crippen molar-refractivity contribution in [2.45, 2.75) is 33.7 Å². The topological polar surface area (TPSA) is 51.1 Å². The predicted octanol–water partition coefficient (Wildman–Crippen LogP) is 4.88. The molecule has 0 unspecified atom stereocenters. The van der Waals surface area contributed by atoms with Crippen molar-refractivity contribution >= 4 is 51.4 Å². The van der Waals surface area contributed by atoms with Gasteiger partial charge in [0.2, 0.25) is 5.91 Å². The summed E-state index contributed by atoms with van der Waals surface area (Å²) < 4.78 is 3.03. The Morgan fingerprint density at radius 3 is 2.54 bits per heavy atom. The second kappa shape index (κ2) is 7.61. The molecule has 0 aliphatic heterocycles. The van der Waals surface area contributed by atoms with Gasteiger partial charge >= 0.3 is 0 Å². The number of aromatic nitrogens is 1. The largest absolute Gasteiger partial charge is 0.337 e. The Hall–Kier alpha value is -2.15. The van der Waals surface area contributed by atoms with E-state index in [1.165, 1.54) is 0 Å². The van der Waals surface area contributed by atoms with Crippen LogP contribution in [0.2, 0.25) is 0 Å². The van der Waals surface area contributed by atoms with Crippen LogP contribution >= 0.6 is 22.6 Å². The van der Waals surface area contributed by atoms with Crippen molar-refractivity contribution in [2.24, 2.45) is 0 Å². The molecule has 0 atom stereocenters. The molecule has 0 bridgehead atoms. The number of anilines is 1. The molecule has 3 aromatic rings. The van der Waals surface area contributed by atoms with E-state index in [1.54, 1.807) is 6.20 Å². The molecule has 3 rings (SSSR count). The van der Waals surface area contributed by atoms with Crippen LogP contribution in [0.1, 0.15) is 34.0 Å². The van der Waals surface area contributed by atoms with Gasteiger partial charge in [-0.1, -0.05) is 25.1 Å². The Bertz CT molecular complexity index is 982. The van der Waals surface area contributed by atoms with Gasteiger partial charge in [0.1, 0.15) is 6.54 Å². The number of halogens is 1. The highest BCUT2D eigenvalue weighted by Gasteiger charge is 2.15. The van der Waals surface area contributed by atoms with Gasteiger partial charge in [0.05, 0.1) is 5.52 Å². The Kier molecular flexibility index (Phi) is 5.46. The van der Waals surface area contributed by atoms with Crippen LogP contribution in [0.15, 0.2) is 36.5 Å². The molecule has 0 saturated carbocycles. The van der Waals surface area contributed by atoms with Crippen molar-refractivity contribution in [1.29, 1.82) is 0 Å². The molecule has 5 heteroatoms. The summed E-state index contributed by atoms with van der Waals surface area (Å²) in [7, 11) is 0. The van der Waals surface area contributed by atoms with E-state index >= 15 is 0 Å². The third-order valence-electron chi connectivity index (χ3n) is 4.60. The molecule has 4 nitrogen and oxygen atoms in total. The predicted molar refractivity (Wildman–Crippen MR) is 114 cm³/mol. The van der Waals surface area contributed by atoms with E-state index < -0.39 is 0 Å². The molecule has 0 radical (unpaired) electrons. The highest BCUT2D eigenvalue weighted by molar-refractivity contribution is 14.1. The lowest BCUT2D eigenvalue weighted by Gasteiger charge is -2.14. The fourth-order valence-electron chi connectivity index (χ4n) is 3.41. The minimum atomic E-state index is -0.0994. The van der Waals surface area contributed by atoms with E-state index in [9.17, 15) is 9.59 Å². The number of hydrogen-bond acceptors (Lipinski definition) is 2. The lowest BCUT2D eigenvalue weighted by molar-refractivity contribution is -0.116. The second-order valence-corrected chi connectivity index (χ2v) is 7.71. The highest BCUT2D eigenvalue weighted by Crippen LogP contribution is 2.26. The maximum absolute atomic E-state index is 12.7. The Morgan fingerprint density at radius 2 is 1.92 bits per heavy atom. The van der Waals surface area contributed by atoms with Crippen molar-refractivity contribution in [3.05, 3.63) is 62.4 Å². The van der Waals surface area contributed by atoms with E-state index in [4.69, 9.17) is 0 Å². The number of aldehydes is 1. The van der Waals surface area contributed by atoms with Crippen LogP contribution < -0.4 is 5.32 Å². The minimum absolute atomic E-state index is 0.0994. The zero-order valence-corrected chi connectivity index (χ0v) is 17.3. The van der Waals surface area contributed by atoms with E-state index in [1.807, 2.05) is 48.7 Å². The maximum Gasteiger partial charge on any atom is 0.244 e. The highest BCUT2D eigenvalue weighted by atomic mass is 127. The van der Waals surface area contributed by atoms with Gasteiger partial charge in [0.25, 0.3) is 0 Å². The zero-order valence-electron chi connectivity index (χ0n) is 15.1. The number of nitrogens with zero attached hydrogens (tertiary/aromatic N) is 1. The van der Waals surface area contributed by atoms with Crippen LogP contribution in [0.4, 0.5) is 5.69 Å². The monoisotopic (exact) mass is 460 g/mol. The number of carbonyl (C=O) groups excluding carboxylic acids is 2. The van der Waals surface area contributed by atoms with Crippen LogP contribution in [-0.2, 0) is 17.8 Å². The standard InChI is InChI=1S/C21H21IN2O2/c1-4-15-6-5-7-18-16(12-25)10-24(21(15)18)11-19(26)23-20-13(2)8-17(22)9-14(20)3/h5-10,12H,4,11H2,1-3H3,(H,23,26). The summed E-state index contributed by atoms with van der Waals surface area (Å²) in [6.45, 7) is 6.24. The van der Waals surface area contributed by atoms with Crippen molar-refractivity contribution in [3.8, 4) is 0 Å². The molecule has 0 aliphatic rings. The normalized spacial score (nSPS) is 10.9. The molecular formula is C21H21IN2O2. The number of carbonyl (C=O) groups is 2. The number of para-hydroxylation sites is 1. The lowest BCUT2D eigenvalue weighted by atomic mass is 10.1. The summed E-state index contributed by atoms with van der Waals surface area (Å²) in [6, 6.07) is 10.0. The first-order valence-electron chi connectivity index (χ1n) is 8.57. The maximum atomic E-state index is 12.7. The molecule has 0 fully saturated rings. The van der Waals surface area contributed by atoms with Crippen LogP contribution in [0.3, 0.4) is 0 Å². The average molecular weight is 460 g/mol. The summed E-state index contributed by atoms with van der Waals surface area (Å²) >= 11 is 2.27. The zero-order chi connectivity index (χ0) is 18.8. The van der Waals surface area contributed by atoms with E-state index in [-0.39, 0.29) is 12.5 Å². The summed E-state index contributed by atoms with van der Waals surface area (Å²) in [5, 5.41) is 3.93. The van der Waals surface area contributed by atoms with Gasteiger partial charge < -0.3 is 9.88 Å². The molecule has 1 N–H and O–H groups in total. The number of hydrogen-bond donors (Lipinski definition) is 1. The average Bonchev–Trinajstić information content (AvgIpc) is 2.96. The van der Waals surface area contributed by atoms with Crippen LogP contribution in [-0.4, -0.2) is 16.8 Å². The van der Waals surface area contributed by atoms with Crippen LogP contribution in [0.5, 0.6) is 0 Å². The Balaban J connectivity index is 1.94. The van der Waals surface area contributed by atoms with Crippen molar-refractivity contribution in [3.63, 3.8) is 0 Å². The van der Waals surface area contributed by atoms with Crippen molar-refractivity contribution < 1.29 is 9.59 Å². The smallest absolute Gasteiger partial charge is 0.244 e. The molecule has 0 spiro atoms. The van der Waals surface area contributed by atoms with Gasteiger partial charge in [-0.15, -0.1) is 0 Å². The minimum Gasteiger partial charge on any atom is -0.337 e. The quantitative estimate of drug-likeness (QED) is 0.436. The van der Waals surface area contributed by atoms with E-state index in [0.717, 1.165) is 49.6 Å². The molecule has 1 aromatic heterocycles. The van der Waals surface area contributed by atoms with Gasteiger partial charge in [0, 0.05) is 26.4 Å². The number of rotatable bonds is 5. The van der Waals surface area contributed by atoms with Gasteiger partial charge in [-0.3, -0.25) is 9.59 Å². The van der Waals surface area contributed by atoms with Gasteiger partial charge in [-0.05, 0) is 71.7 Å². The fourth-order valence-corrected chi connectivity index (χ4v) is 4.35. The summed E-state index contributed by atoms with van der Waals surface area (Å²) in [5.74, 6) is -0.0994.